The first-order valence-electron chi connectivity index (χ1n) is 7.91. The third-order valence-corrected chi connectivity index (χ3v) is 4.27. The van der Waals surface area contributed by atoms with Crippen LogP contribution in [0.4, 0.5) is 5.69 Å². The summed E-state index contributed by atoms with van der Waals surface area (Å²) in [7, 11) is 4.00. The molecule has 25 heavy (non-hydrogen) atoms. The Morgan fingerprint density at radius 3 is 2.72 bits per heavy atom. The minimum absolute atomic E-state index is 0. The summed E-state index contributed by atoms with van der Waals surface area (Å²) in [5, 5.41) is 0. The molecule has 1 aromatic heterocycles. The minimum Gasteiger partial charge on any atom is -1.00 e. The second kappa shape index (κ2) is 6.65. The van der Waals surface area contributed by atoms with Gasteiger partial charge in [0, 0.05) is 13.1 Å². The first-order chi connectivity index (χ1) is 11.6. The van der Waals surface area contributed by atoms with Crippen molar-refractivity contribution in [2.24, 2.45) is 7.05 Å². The Hall–Kier alpha value is -2.72. The monoisotopic (exact) mass is 354 g/mol. The van der Waals surface area contributed by atoms with E-state index in [0.717, 1.165) is 34.3 Å². The number of fused-ring (bicyclic) bond motifs is 2. The molecule has 0 spiro atoms. The molecular formula is C20H19ClN2O2. The molecule has 1 aliphatic rings. The fraction of sp³-hybridized carbons (Fsp3) is 0.150. The molecule has 0 unspecified atom stereocenters. The van der Waals surface area contributed by atoms with Gasteiger partial charge in [0.15, 0.2) is 11.6 Å². The molecule has 3 aromatic rings. The van der Waals surface area contributed by atoms with E-state index in [9.17, 15) is 0 Å². The molecule has 0 N–H and O–H groups in total. The van der Waals surface area contributed by atoms with Gasteiger partial charge in [0.25, 0.3) is 5.52 Å². The molecule has 2 heterocycles. The Bertz CT molecular complexity index is 989. The summed E-state index contributed by atoms with van der Waals surface area (Å²) in [6.07, 6.45) is 5.84. The number of aryl methyl sites for hydroxylation is 2. The van der Waals surface area contributed by atoms with Gasteiger partial charge in [-0.05, 0) is 42.8 Å². The summed E-state index contributed by atoms with van der Waals surface area (Å²) in [6.45, 7) is 2.08. The molecule has 2 aromatic carbocycles. The third-order valence-electron chi connectivity index (χ3n) is 4.27. The van der Waals surface area contributed by atoms with Crippen molar-refractivity contribution >= 4 is 22.9 Å². The van der Waals surface area contributed by atoms with E-state index >= 15 is 0 Å². The second-order valence-electron chi connectivity index (χ2n) is 5.96. The van der Waals surface area contributed by atoms with Crippen molar-refractivity contribution in [3.8, 4) is 5.75 Å². The summed E-state index contributed by atoms with van der Waals surface area (Å²) in [4.78, 5) is 2.05. The number of allylic oxidation sites excluding steroid dienone is 2. The van der Waals surface area contributed by atoms with Crippen LogP contribution in [-0.4, -0.2) is 7.05 Å². The van der Waals surface area contributed by atoms with Gasteiger partial charge in [-0.1, -0.05) is 18.2 Å². The van der Waals surface area contributed by atoms with Crippen molar-refractivity contribution in [2.45, 2.75) is 6.92 Å². The molecule has 1 aliphatic heterocycles. The number of nitrogens with zero attached hydrogens (tertiary/aromatic N) is 2. The largest absolute Gasteiger partial charge is 1.00 e. The van der Waals surface area contributed by atoms with Crippen LogP contribution in [-0.2, 0) is 7.05 Å². The maximum Gasteiger partial charge on any atom is 0.373 e. The lowest BCUT2D eigenvalue weighted by atomic mass is 10.2. The summed E-state index contributed by atoms with van der Waals surface area (Å²) in [5.41, 5.74) is 4.26. The van der Waals surface area contributed by atoms with Gasteiger partial charge in [-0.15, -0.1) is 0 Å². The van der Waals surface area contributed by atoms with Crippen molar-refractivity contribution in [2.75, 3.05) is 11.9 Å². The fourth-order valence-corrected chi connectivity index (χ4v) is 2.90. The van der Waals surface area contributed by atoms with E-state index in [1.165, 1.54) is 5.56 Å². The van der Waals surface area contributed by atoms with Gasteiger partial charge in [0.05, 0.1) is 11.8 Å². The van der Waals surface area contributed by atoms with E-state index in [0.29, 0.717) is 0 Å². The first kappa shape index (κ1) is 17.1. The molecule has 0 aliphatic carbocycles. The summed E-state index contributed by atoms with van der Waals surface area (Å²) >= 11 is 0. The third kappa shape index (κ3) is 3.01. The molecule has 0 atom stereocenters. The van der Waals surface area contributed by atoms with Crippen LogP contribution in [0.25, 0.3) is 17.2 Å². The average molecular weight is 355 g/mol. The number of ether oxygens (including phenoxy) is 1. The van der Waals surface area contributed by atoms with Crippen LogP contribution in [0.15, 0.2) is 64.9 Å². The molecule has 128 valence electrons. The molecule has 5 heteroatoms. The molecule has 0 bridgehead atoms. The standard InChI is InChI=1S/C20H19N2O2.ClH/c1-14-11-12-18-16(13-14)22(3)20(24-18)10-6-9-19-21(2)15-7-4-5-8-17(15)23-19;/h4-13H,1-3H3;1H/q+1;/p-1. The van der Waals surface area contributed by atoms with Crippen molar-refractivity contribution < 1.29 is 26.1 Å². The maximum atomic E-state index is 5.90. The lowest BCUT2D eigenvalue weighted by Crippen LogP contribution is -3.00. The number of halogens is 1. The van der Waals surface area contributed by atoms with Gasteiger partial charge in [-0.2, -0.15) is 4.57 Å². The van der Waals surface area contributed by atoms with E-state index in [-0.39, 0.29) is 12.4 Å². The topological polar surface area (TPSA) is 29.5 Å². The van der Waals surface area contributed by atoms with Gasteiger partial charge in [0.1, 0.15) is 7.05 Å². The highest BCUT2D eigenvalue weighted by Gasteiger charge is 2.22. The molecule has 0 amide bonds. The zero-order chi connectivity index (χ0) is 16.7. The van der Waals surface area contributed by atoms with E-state index in [2.05, 4.69) is 19.1 Å². The number of hydrogen-bond donors (Lipinski definition) is 0. The summed E-state index contributed by atoms with van der Waals surface area (Å²) < 4.78 is 13.8. The average Bonchev–Trinajstić information content (AvgIpc) is 3.07. The van der Waals surface area contributed by atoms with E-state index in [4.69, 9.17) is 9.15 Å². The van der Waals surface area contributed by atoms with Crippen molar-refractivity contribution in [3.63, 3.8) is 0 Å². The van der Waals surface area contributed by atoms with E-state index in [1.54, 1.807) is 0 Å². The highest BCUT2D eigenvalue weighted by Crippen LogP contribution is 2.38. The molecular weight excluding hydrogens is 336 g/mol. The smallest absolute Gasteiger partial charge is 0.373 e. The predicted molar refractivity (Wildman–Crippen MR) is 94.7 cm³/mol. The van der Waals surface area contributed by atoms with E-state index < -0.39 is 0 Å². The molecule has 4 rings (SSSR count). The van der Waals surface area contributed by atoms with Crippen LogP contribution in [0.2, 0.25) is 0 Å². The maximum absolute atomic E-state index is 5.90. The Morgan fingerprint density at radius 1 is 1.12 bits per heavy atom. The Morgan fingerprint density at radius 2 is 1.92 bits per heavy atom. The normalized spacial score (nSPS) is 14.8. The van der Waals surface area contributed by atoms with Crippen molar-refractivity contribution in [1.82, 2.24) is 0 Å². The Balaban J connectivity index is 0.00000182. The molecule has 0 saturated carbocycles. The number of para-hydroxylation sites is 2. The lowest BCUT2D eigenvalue weighted by molar-refractivity contribution is -0.652. The molecule has 4 nitrogen and oxygen atoms in total. The fourth-order valence-electron chi connectivity index (χ4n) is 2.90. The SMILES string of the molecule is Cc1ccc2c(c1)N(C)/C(=C/C=C/c1oc3ccccc3[n+]1C)O2.[Cl-]. The molecule has 0 saturated heterocycles. The van der Waals surface area contributed by atoms with Crippen LogP contribution < -0.4 is 26.6 Å². The Kier molecular flexibility index (Phi) is 4.55. The highest BCUT2D eigenvalue weighted by molar-refractivity contribution is 5.70. The number of rotatable bonds is 2. The Labute approximate surface area is 153 Å². The quantitative estimate of drug-likeness (QED) is 0.642. The summed E-state index contributed by atoms with van der Waals surface area (Å²) in [6, 6.07) is 14.2. The number of oxazole rings is 1. The second-order valence-corrected chi connectivity index (χ2v) is 5.96. The van der Waals surface area contributed by atoms with Gasteiger partial charge >= 0.3 is 5.89 Å². The molecule has 0 radical (unpaired) electrons. The first-order valence-corrected chi connectivity index (χ1v) is 7.91. The predicted octanol–water partition coefficient (Wildman–Crippen LogP) is 0.953. The molecule has 0 fully saturated rings. The minimum atomic E-state index is 0. The van der Waals surface area contributed by atoms with Gasteiger partial charge in [-0.25, -0.2) is 0 Å². The van der Waals surface area contributed by atoms with Gasteiger partial charge < -0.3 is 26.5 Å². The zero-order valence-corrected chi connectivity index (χ0v) is 15.1. The van der Waals surface area contributed by atoms with Crippen molar-refractivity contribution in [3.05, 3.63) is 72.0 Å². The van der Waals surface area contributed by atoms with Gasteiger partial charge in [0.2, 0.25) is 5.58 Å². The van der Waals surface area contributed by atoms with Crippen LogP contribution in [0.3, 0.4) is 0 Å². The van der Waals surface area contributed by atoms with Crippen LogP contribution >= 0.6 is 0 Å². The van der Waals surface area contributed by atoms with Crippen LogP contribution in [0.1, 0.15) is 11.5 Å². The number of anilines is 1. The summed E-state index contributed by atoms with van der Waals surface area (Å²) in [5.74, 6) is 2.48. The number of benzene rings is 2. The zero-order valence-electron chi connectivity index (χ0n) is 14.4. The number of hydrogen-bond acceptors (Lipinski definition) is 3. The van der Waals surface area contributed by atoms with Gasteiger partial charge in [-0.3, -0.25) is 0 Å². The lowest BCUT2D eigenvalue weighted by Gasteiger charge is -2.10. The van der Waals surface area contributed by atoms with E-state index in [1.807, 2.05) is 72.1 Å². The highest BCUT2D eigenvalue weighted by atomic mass is 35.5. The van der Waals surface area contributed by atoms with Crippen LogP contribution in [0, 0.1) is 6.92 Å². The number of aromatic nitrogens is 1. The van der Waals surface area contributed by atoms with Crippen LogP contribution in [0.5, 0.6) is 5.75 Å². The van der Waals surface area contributed by atoms with Crippen molar-refractivity contribution in [1.29, 1.82) is 0 Å².